The summed E-state index contributed by atoms with van der Waals surface area (Å²) in [4.78, 5) is 4.08. The first-order valence-corrected chi connectivity index (χ1v) is 6.83. The van der Waals surface area contributed by atoms with Crippen molar-refractivity contribution in [3.05, 3.63) is 53.6 Å². The van der Waals surface area contributed by atoms with Crippen LogP contribution in [0.1, 0.15) is 18.9 Å². The molecule has 0 atom stereocenters. The van der Waals surface area contributed by atoms with Crippen LogP contribution in [0.5, 0.6) is 0 Å². The van der Waals surface area contributed by atoms with Gasteiger partial charge in [-0.25, -0.2) is 13.8 Å². The predicted molar refractivity (Wildman–Crippen MR) is 79.4 cm³/mol. The maximum atomic E-state index is 14.1. The van der Waals surface area contributed by atoms with Crippen LogP contribution in [0, 0.1) is 11.6 Å². The Balaban J connectivity index is 2.19. The van der Waals surface area contributed by atoms with E-state index < -0.39 is 11.6 Å². The van der Waals surface area contributed by atoms with Gasteiger partial charge in [0.25, 0.3) is 0 Å². The molecule has 0 aliphatic heterocycles. The number of rotatable bonds is 3. The van der Waals surface area contributed by atoms with E-state index in [9.17, 15) is 8.78 Å². The van der Waals surface area contributed by atoms with Crippen molar-refractivity contribution in [2.75, 3.05) is 5.73 Å². The standard InChI is InChI=1S/C16H15F2N3/c1-2-3-10-4-6-11(7-5-10)21-15-13(20-16(21)19)9-8-12(17)14(15)18/h4-9H,2-3H2,1H3,(H2,19,20). The summed E-state index contributed by atoms with van der Waals surface area (Å²) in [7, 11) is 0. The quantitative estimate of drug-likeness (QED) is 0.795. The zero-order valence-electron chi connectivity index (χ0n) is 11.6. The van der Waals surface area contributed by atoms with Gasteiger partial charge in [0.05, 0.1) is 5.52 Å². The number of imidazole rings is 1. The number of hydrogen-bond acceptors (Lipinski definition) is 2. The molecule has 1 heterocycles. The zero-order valence-corrected chi connectivity index (χ0v) is 11.6. The van der Waals surface area contributed by atoms with E-state index >= 15 is 0 Å². The van der Waals surface area contributed by atoms with Gasteiger partial charge >= 0.3 is 0 Å². The highest BCUT2D eigenvalue weighted by Crippen LogP contribution is 2.27. The molecule has 0 amide bonds. The molecule has 0 spiro atoms. The predicted octanol–water partition coefficient (Wildman–Crippen LogP) is 3.84. The topological polar surface area (TPSA) is 43.8 Å². The molecule has 0 aliphatic carbocycles. The van der Waals surface area contributed by atoms with Crippen LogP contribution >= 0.6 is 0 Å². The lowest BCUT2D eigenvalue weighted by atomic mass is 10.1. The first kappa shape index (κ1) is 13.5. The number of benzene rings is 2. The van der Waals surface area contributed by atoms with E-state index in [-0.39, 0.29) is 11.5 Å². The summed E-state index contributed by atoms with van der Waals surface area (Å²) in [6.45, 7) is 2.10. The van der Waals surface area contributed by atoms with E-state index in [4.69, 9.17) is 5.73 Å². The molecule has 0 fully saturated rings. The number of anilines is 1. The molecule has 3 rings (SSSR count). The summed E-state index contributed by atoms with van der Waals surface area (Å²) < 4.78 is 29.0. The Labute approximate surface area is 121 Å². The smallest absolute Gasteiger partial charge is 0.206 e. The molecule has 108 valence electrons. The van der Waals surface area contributed by atoms with E-state index in [1.165, 1.54) is 16.2 Å². The van der Waals surface area contributed by atoms with Gasteiger partial charge in [-0.15, -0.1) is 0 Å². The molecule has 3 aromatic rings. The molecule has 0 aliphatic rings. The molecule has 2 aromatic carbocycles. The van der Waals surface area contributed by atoms with E-state index in [0.29, 0.717) is 11.2 Å². The van der Waals surface area contributed by atoms with Gasteiger partial charge in [-0.05, 0) is 36.2 Å². The molecule has 0 saturated heterocycles. The fraction of sp³-hybridized carbons (Fsp3) is 0.188. The van der Waals surface area contributed by atoms with Gasteiger partial charge in [-0.2, -0.15) is 0 Å². The third-order valence-corrected chi connectivity index (χ3v) is 3.47. The molecule has 2 N–H and O–H groups in total. The van der Waals surface area contributed by atoms with Gasteiger partial charge in [-0.1, -0.05) is 25.5 Å². The number of nitrogens with zero attached hydrogens (tertiary/aromatic N) is 2. The Kier molecular flexibility index (Phi) is 3.33. The molecule has 21 heavy (non-hydrogen) atoms. The number of aryl methyl sites for hydroxylation is 1. The first-order chi connectivity index (χ1) is 10.1. The minimum absolute atomic E-state index is 0.0655. The van der Waals surface area contributed by atoms with Gasteiger partial charge in [0, 0.05) is 5.69 Å². The molecule has 3 nitrogen and oxygen atoms in total. The largest absolute Gasteiger partial charge is 0.369 e. The lowest BCUT2D eigenvalue weighted by molar-refractivity contribution is 0.514. The number of halogens is 2. The summed E-state index contributed by atoms with van der Waals surface area (Å²) in [6.07, 6.45) is 2.03. The molecule has 5 heteroatoms. The minimum Gasteiger partial charge on any atom is -0.369 e. The maximum Gasteiger partial charge on any atom is 0.206 e. The molecular weight excluding hydrogens is 272 g/mol. The lowest BCUT2D eigenvalue weighted by Gasteiger charge is -2.08. The molecule has 0 unspecified atom stereocenters. The minimum atomic E-state index is -0.936. The van der Waals surface area contributed by atoms with Crippen molar-refractivity contribution < 1.29 is 8.78 Å². The summed E-state index contributed by atoms with van der Waals surface area (Å²) in [6, 6.07) is 10.1. The van der Waals surface area contributed by atoms with Gasteiger partial charge in [-0.3, -0.25) is 4.57 Å². The number of nitrogen functional groups attached to an aromatic ring is 1. The zero-order chi connectivity index (χ0) is 15.0. The molecule has 0 saturated carbocycles. The van der Waals surface area contributed by atoms with Gasteiger partial charge in [0.2, 0.25) is 5.95 Å². The van der Waals surface area contributed by atoms with Crippen LogP contribution in [0.3, 0.4) is 0 Å². The first-order valence-electron chi connectivity index (χ1n) is 6.83. The van der Waals surface area contributed by atoms with Crippen molar-refractivity contribution in [3.8, 4) is 5.69 Å². The van der Waals surface area contributed by atoms with E-state index in [1.807, 2.05) is 24.3 Å². The third-order valence-electron chi connectivity index (χ3n) is 3.47. The highest BCUT2D eigenvalue weighted by Gasteiger charge is 2.17. The van der Waals surface area contributed by atoms with Crippen LogP contribution in [0.4, 0.5) is 14.7 Å². The average molecular weight is 287 g/mol. The SMILES string of the molecule is CCCc1ccc(-n2c(N)nc3ccc(F)c(F)c32)cc1. The number of aromatic nitrogens is 2. The Bertz CT molecular complexity index is 791. The van der Waals surface area contributed by atoms with Crippen molar-refractivity contribution in [2.24, 2.45) is 0 Å². The number of fused-ring (bicyclic) bond motifs is 1. The monoisotopic (exact) mass is 287 g/mol. The summed E-state index contributed by atoms with van der Waals surface area (Å²) >= 11 is 0. The Morgan fingerprint density at radius 2 is 1.81 bits per heavy atom. The number of hydrogen-bond donors (Lipinski definition) is 1. The van der Waals surface area contributed by atoms with Gasteiger partial charge in [0.1, 0.15) is 5.52 Å². The summed E-state index contributed by atoms with van der Waals surface area (Å²) in [5, 5.41) is 0. The Hall–Kier alpha value is -2.43. The summed E-state index contributed by atoms with van der Waals surface area (Å²) in [5.74, 6) is -1.71. The molecule has 0 radical (unpaired) electrons. The van der Waals surface area contributed by atoms with Gasteiger partial charge < -0.3 is 5.73 Å². The summed E-state index contributed by atoms with van der Waals surface area (Å²) in [5.41, 5.74) is 8.12. The van der Waals surface area contributed by atoms with Crippen LogP contribution in [-0.4, -0.2) is 9.55 Å². The highest BCUT2D eigenvalue weighted by atomic mass is 19.2. The van der Waals surface area contributed by atoms with Crippen molar-refractivity contribution in [1.29, 1.82) is 0 Å². The van der Waals surface area contributed by atoms with Crippen LogP contribution in [-0.2, 0) is 6.42 Å². The Morgan fingerprint density at radius 1 is 1.10 bits per heavy atom. The van der Waals surface area contributed by atoms with Crippen molar-refractivity contribution in [1.82, 2.24) is 9.55 Å². The number of nitrogens with two attached hydrogens (primary N) is 1. The normalized spacial score (nSPS) is 11.2. The second-order valence-corrected chi connectivity index (χ2v) is 4.95. The maximum absolute atomic E-state index is 14.1. The van der Waals surface area contributed by atoms with Crippen LogP contribution in [0.15, 0.2) is 36.4 Å². The Morgan fingerprint density at radius 3 is 2.48 bits per heavy atom. The lowest BCUT2D eigenvalue weighted by Crippen LogP contribution is -2.02. The average Bonchev–Trinajstić information content (AvgIpc) is 2.81. The second-order valence-electron chi connectivity index (χ2n) is 4.95. The van der Waals surface area contributed by atoms with E-state index in [1.54, 1.807) is 0 Å². The fourth-order valence-corrected chi connectivity index (χ4v) is 2.48. The van der Waals surface area contributed by atoms with Crippen molar-refractivity contribution in [2.45, 2.75) is 19.8 Å². The van der Waals surface area contributed by atoms with E-state index in [2.05, 4.69) is 11.9 Å². The van der Waals surface area contributed by atoms with Crippen LogP contribution in [0.25, 0.3) is 16.7 Å². The second kappa shape index (κ2) is 5.16. The molecule has 1 aromatic heterocycles. The van der Waals surface area contributed by atoms with Crippen molar-refractivity contribution >= 4 is 17.0 Å². The van der Waals surface area contributed by atoms with Crippen LogP contribution in [0.2, 0.25) is 0 Å². The molecular formula is C16H15F2N3. The highest BCUT2D eigenvalue weighted by molar-refractivity contribution is 5.81. The molecule has 0 bridgehead atoms. The van der Waals surface area contributed by atoms with Gasteiger partial charge in [0.15, 0.2) is 11.6 Å². The third kappa shape index (κ3) is 2.24. The fourth-order valence-electron chi connectivity index (χ4n) is 2.48. The van der Waals surface area contributed by atoms with E-state index in [0.717, 1.165) is 18.9 Å². The van der Waals surface area contributed by atoms with Crippen molar-refractivity contribution in [3.63, 3.8) is 0 Å². The van der Waals surface area contributed by atoms with Crippen LogP contribution < -0.4 is 5.73 Å².